The fraction of sp³-hybridized carbons (Fsp3) is 0.143. The number of aromatic nitrogens is 2. The van der Waals surface area contributed by atoms with Gasteiger partial charge < -0.3 is 5.32 Å². The van der Waals surface area contributed by atoms with Gasteiger partial charge in [-0.15, -0.1) is 0 Å². The third-order valence-corrected chi connectivity index (χ3v) is 4.58. The number of nitrogens with zero attached hydrogens (tertiary/aromatic N) is 2. The number of allylic oxidation sites excluding steroid dienone is 2. The summed E-state index contributed by atoms with van der Waals surface area (Å²) in [7, 11) is 0. The Hall–Kier alpha value is -3.28. The highest BCUT2D eigenvalue weighted by molar-refractivity contribution is 5.95. The Balaban J connectivity index is 1.52. The first-order chi connectivity index (χ1) is 13.0. The van der Waals surface area contributed by atoms with E-state index in [0.717, 1.165) is 28.6 Å². The fourth-order valence-corrected chi connectivity index (χ4v) is 3.28. The quantitative estimate of drug-likeness (QED) is 0.755. The van der Waals surface area contributed by atoms with Crippen molar-refractivity contribution in [2.75, 3.05) is 0 Å². The first kappa shape index (κ1) is 17.1. The zero-order valence-corrected chi connectivity index (χ0v) is 14.6. The summed E-state index contributed by atoms with van der Waals surface area (Å²) in [5.41, 5.74) is 2.59. The number of fused-ring (bicyclic) bond motifs is 1. The number of para-hydroxylation sites is 2. The first-order valence-electron chi connectivity index (χ1n) is 8.62. The molecule has 1 aliphatic carbocycles. The summed E-state index contributed by atoms with van der Waals surface area (Å²) in [6.07, 6.45) is 6.28. The minimum Gasteiger partial charge on any atom is -0.345 e. The number of rotatable bonds is 3. The fourth-order valence-electron chi connectivity index (χ4n) is 3.28. The second-order valence-corrected chi connectivity index (χ2v) is 6.39. The van der Waals surface area contributed by atoms with Crippen molar-refractivity contribution in [1.82, 2.24) is 14.9 Å². The molecular weight excluding hydrogens is 348 g/mol. The van der Waals surface area contributed by atoms with Gasteiger partial charge in [0, 0.05) is 5.70 Å². The summed E-state index contributed by atoms with van der Waals surface area (Å²) >= 11 is 0. The Bertz CT molecular complexity index is 1100. The van der Waals surface area contributed by atoms with Crippen LogP contribution in [0.15, 0.2) is 60.7 Å². The van der Waals surface area contributed by atoms with Crippen LogP contribution in [0.1, 0.15) is 22.6 Å². The molecule has 0 bridgehead atoms. The lowest BCUT2D eigenvalue weighted by molar-refractivity contribution is 0.0939. The predicted octanol–water partition coefficient (Wildman–Crippen LogP) is 4.22. The number of aryl methyl sites for hydroxylation is 1. The number of benzene rings is 2. The van der Waals surface area contributed by atoms with Crippen molar-refractivity contribution in [2.24, 2.45) is 0 Å². The lowest BCUT2D eigenvalue weighted by atomic mass is 10.1. The Morgan fingerprint density at radius 1 is 1.19 bits per heavy atom. The average molecular weight is 365 g/mol. The van der Waals surface area contributed by atoms with E-state index in [0.29, 0.717) is 6.42 Å². The molecular formula is C21H17F2N3O. The van der Waals surface area contributed by atoms with E-state index in [2.05, 4.69) is 14.9 Å². The van der Waals surface area contributed by atoms with Gasteiger partial charge in [0.2, 0.25) is 0 Å². The van der Waals surface area contributed by atoms with E-state index in [1.165, 1.54) is 12.1 Å². The third kappa shape index (κ3) is 3.14. The van der Waals surface area contributed by atoms with Crippen LogP contribution in [0.25, 0.3) is 16.7 Å². The molecule has 1 aromatic heterocycles. The molecule has 0 spiro atoms. The van der Waals surface area contributed by atoms with Crippen LogP contribution >= 0.6 is 0 Å². The minimum atomic E-state index is -1.13. The van der Waals surface area contributed by atoms with E-state index >= 15 is 0 Å². The van der Waals surface area contributed by atoms with Crippen LogP contribution in [0.3, 0.4) is 0 Å². The van der Waals surface area contributed by atoms with E-state index in [1.54, 1.807) is 0 Å². The zero-order valence-electron chi connectivity index (χ0n) is 14.6. The van der Waals surface area contributed by atoms with E-state index in [9.17, 15) is 13.6 Å². The topological polar surface area (TPSA) is 46.9 Å². The normalized spacial score (nSPS) is 16.4. The van der Waals surface area contributed by atoms with E-state index < -0.39 is 17.5 Å². The Labute approximate surface area is 154 Å². The molecule has 136 valence electrons. The molecule has 27 heavy (non-hydrogen) atoms. The lowest BCUT2D eigenvalue weighted by Gasteiger charge is -2.19. The number of hydrogen-bond donors (Lipinski definition) is 1. The number of halogens is 2. The van der Waals surface area contributed by atoms with Crippen LogP contribution in [-0.4, -0.2) is 21.5 Å². The summed E-state index contributed by atoms with van der Waals surface area (Å²) in [4.78, 5) is 16.8. The van der Waals surface area contributed by atoms with Gasteiger partial charge in [-0.25, -0.2) is 13.8 Å². The van der Waals surface area contributed by atoms with Crippen LogP contribution in [0.5, 0.6) is 0 Å². The van der Waals surface area contributed by atoms with Gasteiger partial charge in [0.25, 0.3) is 5.91 Å². The Morgan fingerprint density at radius 3 is 2.78 bits per heavy atom. The van der Waals surface area contributed by atoms with Crippen LogP contribution in [0.2, 0.25) is 0 Å². The maximum atomic E-state index is 13.8. The van der Waals surface area contributed by atoms with E-state index in [-0.39, 0.29) is 11.6 Å². The standard InChI is InChI=1S/C21H17F2N3O/c1-13-24-18-7-2-3-8-19(18)26(13)15-11-9-14(10-12-15)25-21(27)16-5-4-6-17(22)20(16)23/h2-9,11-12,14H,10H2,1H3,(H,25,27). The molecule has 3 aromatic rings. The molecule has 1 aliphatic rings. The molecule has 0 saturated heterocycles. The summed E-state index contributed by atoms with van der Waals surface area (Å²) in [6, 6.07) is 11.1. The van der Waals surface area contributed by atoms with Gasteiger partial charge in [-0.05, 0) is 43.7 Å². The summed E-state index contributed by atoms with van der Waals surface area (Å²) in [5, 5.41) is 2.72. The van der Waals surface area contributed by atoms with Crippen molar-refractivity contribution >= 4 is 22.6 Å². The average Bonchev–Trinajstić information content (AvgIpc) is 3.00. The van der Waals surface area contributed by atoms with Crippen molar-refractivity contribution in [3.8, 4) is 0 Å². The van der Waals surface area contributed by atoms with Gasteiger partial charge in [0.1, 0.15) is 5.82 Å². The maximum Gasteiger partial charge on any atom is 0.254 e. The van der Waals surface area contributed by atoms with Crippen molar-refractivity contribution in [3.63, 3.8) is 0 Å². The second kappa shape index (κ2) is 6.79. The van der Waals surface area contributed by atoms with E-state index in [1.807, 2.05) is 49.4 Å². The number of amides is 1. The van der Waals surface area contributed by atoms with Crippen molar-refractivity contribution in [1.29, 1.82) is 0 Å². The second-order valence-electron chi connectivity index (χ2n) is 6.39. The molecule has 6 heteroatoms. The molecule has 0 radical (unpaired) electrons. The van der Waals surface area contributed by atoms with Gasteiger partial charge in [0.15, 0.2) is 11.6 Å². The molecule has 1 amide bonds. The van der Waals surface area contributed by atoms with Gasteiger partial charge in [-0.2, -0.15) is 0 Å². The molecule has 4 rings (SSSR count). The molecule has 1 heterocycles. The summed E-state index contributed by atoms with van der Waals surface area (Å²) < 4.78 is 29.1. The van der Waals surface area contributed by atoms with Gasteiger partial charge in [-0.3, -0.25) is 9.36 Å². The first-order valence-corrected chi connectivity index (χ1v) is 8.62. The molecule has 4 nitrogen and oxygen atoms in total. The van der Waals surface area contributed by atoms with Gasteiger partial charge >= 0.3 is 0 Å². The summed E-state index contributed by atoms with van der Waals surface area (Å²) in [5.74, 6) is -1.93. The molecule has 1 atom stereocenters. The minimum absolute atomic E-state index is 0.293. The number of carbonyl (C=O) groups excluding carboxylic acids is 1. The van der Waals surface area contributed by atoms with Gasteiger partial charge in [0.05, 0.1) is 22.6 Å². The van der Waals surface area contributed by atoms with Gasteiger partial charge in [-0.1, -0.05) is 30.4 Å². The molecule has 2 aromatic carbocycles. The Morgan fingerprint density at radius 2 is 2.00 bits per heavy atom. The molecule has 0 fully saturated rings. The smallest absolute Gasteiger partial charge is 0.254 e. The monoisotopic (exact) mass is 365 g/mol. The van der Waals surface area contributed by atoms with Crippen molar-refractivity contribution in [2.45, 2.75) is 19.4 Å². The summed E-state index contributed by atoms with van der Waals surface area (Å²) in [6.45, 7) is 1.94. The number of carbonyl (C=O) groups is 1. The highest BCUT2D eigenvalue weighted by Gasteiger charge is 2.19. The highest BCUT2D eigenvalue weighted by Crippen LogP contribution is 2.24. The number of imidazole rings is 1. The Kier molecular flexibility index (Phi) is 4.32. The SMILES string of the molecule is Cc1nc2ccccc2n1C1=CCC(NC(=O)c2cccc(F)c2F)C=C1. The maximum absolute atomic E-state index is 13.8. The molecule has 1 unspecified atom stereocenters. The number of nitrogens with one attached hydrogen (secondary N) is 1. The van der Waals surface area contributed by atoms with Crippen LogP contribution < -0.4 is 5.32 Å². The third-order valence-electron chi connectivity index (χ3n) is 4.58. The van der Waals surface area contributed by atoms with Crippen LogP contribution in [-0.2, 0) is 0 Å². The highest BCUT2D eigenvalue weighted by atomic mass is 19.2. The zero-order chi connectivity index (χ0) is 19.0. The largest absolute Gasteiger partial charge is 0.345 e. The van der Waals surface area contributed by atoms with Crippen LogP contribution in [0, 0.1) is 18.6 Å². The number of hydrogen-bond acceptors (Lipinski definition) is 2. The molecule has 0 saturated carbocycles. The molecule has 0 aliphatic heterocycles. The van der Waals surface area contributed by atoms with Crippen molar-refractivity contribution in [3.05, 3.63) is 83.7 Å². The van der Waals surface area contributed by atoms with E-state index in [4.69, 9.17) is 0 Å². The van der Waals surface area contributed by atoms with Crippen molar-refractivity contribution < 1.29 is 13.6 Å². The predicted molar refractivity (Wildman–Crippen MR) is 100 cm³/mol. The van der Waals surface area contributed by atoms with Crippen LogP contribution in [0.4, 0.5) is 8.78 Å². The lowest BCUT2D eigenvalue weighted by Crippen LogP contribution is -2.34. The molecule has 1 N–H and O–H groups in total.